The fourth-order valence-corrected chi connectivity index (χ4v) is 7.17. The van der Waals surface area contributed by atoms with E-state index >= 15 is 0 Å². The van der Waals surface area contributed by atoms with E-state index in [9.17, 15) is 20.1 Å². The van der Waals surface area contributed by atoms with Gasteiger partial charge >= 0.3 is 5.97 Å². The Kier molecular flexibility index (Phi) is 6.92. The van der Waals surface area contributed by atoms with Crippen LogP contribution in [0.2, 0.25) is 0 Å². The number of allylic oxidation sites excluding steroid dienone is 11. The number of nitrogens with zero attached hydrogens (tertiary/aromatic N) is 3. The molecular weight excluding hydrogens is 528 g/mol. The summed E-state index contributed by atoms with van der Waals surface area (Å²) < 4.78 is 0. The van der Waals surface area contributed by atoms with Crippen LogP contribution in [0.3, 0.4) is 0 Å². The molecule has 8 heteroatoms. The second-order valence-corrected chi connectivity index (χ2v) is 11.8. The second-order valence-electron chi connectivity index (χ2n) is 11.8. The van der Waals surface area contributed by atoms with Gasteiger partial charge < -0.3 is 20.6 Å². The summed E-state index contributed by atoms with van der Waals surface area (Å²) in [5.74, 6) is -0.624. The fraction of sp³-hybridized carbons (Fsp3) is 0.412. The number of carboxylic acid groups (broad SMARTS) is 1. The second kappa shape index (κ2) is 10.3. The van der Waals surface area contributed by atoms with Crippen LogP contribution in [-0.2, 0) is 4.79 Å². The van der Waals surface area contributed by atoms with Crippen LogP contribution >= 0.6 is 0 Å². The molecule has 4 N–H and O–H groups in total. The Morgan fingerprint density at radius 1 is 1.02 bits per heavy atom. The molecule has 8 nitrogen and oxygen atoms in total. The first kappa shape index (κ1) is 28.1. The maximum absolute atomic E-state index is 11.6. The third-order valence-corrected chi connectivity index (χ3v) is 9.39. The van der Waals surface area contributed by atoms with E-state index in [1.807, 2.05) is 25.2 Å². The Balaban J connectivity index is 1.63. The summed E-state index contributed by atoms with van der Waals surface area (Å²) in [6, 6.07) is 0. The highest BCUT2D eigenvalue weighted by Gasteiger charge is 2.41. The van der Waals surface area contributed by atoms with Crippen molar-refractivity contribution in [2.45, 2.75) is 79.8 Å². The lowest BCUT2D eigenvalue weighted by atomic mass is 9.86. The number of fused-ring (bicyclic) bond motifs is 5. The van der Waals surface area contributed by atoms with Crippen LogP contribution in [0.1, 0.15) is 73.6 Å². The quantitative estimate of drug-likeness (QED) is 0.300. The van der Waals surface area contributed by atoms with Crippen LogP contribution in [0.5, 0.6) is 0 Å². The number of hydrogen-bond acceptors (Lipinski definition) is 7. The summed E-state index contributed by atoms with van der Waals surface area (Å²) in [5, 5.41) is 35.2. The topological polar surface area (TPSA) is 127 Å². The molecule has 3 atom stereocenters. The smallest absolute Gasteiger partial charge is 0.303 e. The van der Waals surface area contributed by atoms with E-state index in [2.05, 4.69) is 33.0 Å². The van der Waals surface area contributed by atoms with Crippen LogP contribution in [0.4, 0.5) is 0 Å². The van der Waals surface area contributed by atoms with Gasteiger partial charge in [-0.2, -0.15) is 0 Å². The normalized spacial score (nSPS) is 25.6. The van der Waals surface area contributed by atoms with Gasteiger partial charge in [0, 0.05) is 52.8 Å². The van der Waals surface area contributed by atoms with Gasteiger partial charge in [-0.3, -0.25) is 4.79 Å². The average Bonchev–Trinajstić information content (AvgIpc) is 3.69. The number of hydrogen-bond donors (Lipinski definition) is 4. The molecule has 1 fully saturated rings. The zero-order valence-electron chi connectivity index (χ0n) is 25.1. The van der Waals surface area contributed by atoms with Crippen molar-refractivity contribution in [2.24, 2.45) is 26.8 Å². The molecule has 0 radical (unpaired) electrons. The molecule has 218 valence electrons. The maximum Gasteiger partial charge on any atom is 0.303 e. The molecule has 1 unspecified atom stereocenters. The highest BCUT2D eigenvalue weighted by molar-refractivity contribution is 6.21. The fourth-order valence-electron chi connectivity index (χ4n) is 7.17. The molecule has 0 aromatic rings. The van der Waals surface area contributed by atoms with Gasteiger partial charge in [-0.25, -0.2) is 15.0 Å². The number of nitrogens with one attached hydrogen (secondary N) is 1. The van der Waals surface area contributed by atoms with Gasteiger partial charge in [0.1, 0.15) is 5.76 Å². The first-order valence-corrected chi connectivity index (χ1v) is 14.9. The number of carbonyl (C=O) groups is 1. The molecule has 5 heterocycles. The summed E-state index contributed by atoms with van der Waals surface area (Å²) in [5.41, 5.74) is 13.2. The summed E-state index contributed by atoms with van der Waals surface area (Å²) >= 11 is 0. The van der Waals surface area contributed by atoms with E-state index in [1.165, 1.54) is 0 Å². The lowest BCUT2D eigenvalue weighted by Crippen LogP contribution is -2.15. The highest BCUT2D eigenvalue weighted by atomic mass is 16.4. The van der Waals surface area contributed by atoms with E-state index in [0.29, 0.717) is 30.7 Å². The lowest BCUT2D eigenvalue weighted by molar-refractivity contribution is -0.137. The maximum atomic E-state index is 11.6. The van der Waals surface area contributed by atoms with Crippen molar-refractivity contribution >= 4 is 23.1 Å². The molecular formula is C34H38N4O4. The summed E-state index contributed by atoms with van der Waals surface area (Å²) in [6.07, 6.45) is 7.67. The predicted octanol–water partition coefficient (Wildman–Crippen LogP) is 6.29. The van der Waals surface area contributed by atoms with Gasteiger partial charge in [0.15, 0.2) is 0 Å². The van der Waals surface area contributed by atoms with Crippen molar-refractivity contribution < 1.29 is 20.1 Å². The third kappa shape index (κ3) is 4.31. The molecule has 0 aromatic carbocycles. The first-order valence-electron chi connectivity index (χ1n) is 14.9. The van der Waals surface area contributed by atoms with Crippen LogP contribution in [0.15, 0.2) is 106 Å². The number of aliphatic hydroxyl groups excluding tert-OH is 2. The van der Waals surface area contributed by atoms with Crippen molar-refractivity contribution in [1.29, 1.82) is 0 Å². The lowest BCUT2D eigenvalue weighted by Gasteiger charge is -2.17. The molecule has 42 heavy (non-hydrogen) atoms. The Morgan fingerprint density at radius 3 is 2.38 bits per heavy atom. The van der Waals surface area contributed by atoms with E-state index in [-0.39, 0.29) is 18.3 Å². The summed E-state index contributed by atoms with van der Waals surface area (Å²) in [4.78, 5) is 26.8. The number of aliphatic hydroxyl groups is 2. The van der Waals surface area contributed by atoms with Gasteiger partial charge in [0.25, 0.3) is 0 Å². The van der Waals surface area contributed by atoms with E-state index in [1.54, 1.807) is 6.92 Å². The van der Waals surface area contributed by atoms with Crippen LogP contribution in [0, 0.1) is 11.8 Å². The van der Waals surface area contributed by atoms with Crippen LogP contribution in [0.25, 0.3) is 0 Å². The molecule has 0 aromatic heterocycles. The van der Waals surface area contributed by atoms with Crippen molar-refractivity contribution in [3.63, 3.8) is 0 Å². The van der Waals surface area contributed by atoms with Gasteiger partial charge in [-0.15, -0.1) is 0 Å². The third-order valence-electron chi connectivity index (χ3n) is 9.39. The molecule has 0 spiro atoms. The largest absolute Gasteiger partial charge is 0.511 e. The van der Waals surface area contributed by atoms with Crippen LogP contribution in [-0.4, -0.2) is 44.5 Å². The van der Waals surface area contributed by atoms with Gasteiger partial charge in [0.05, 0.1) is 40.3 Å². The van der Waals surface area contributed by atoms with E-state index < -0.39 is 12.1 Å². The Bertz CT molecular complexity index is 1680. The average molecular weight is 567 g/mol. The minimum absolute atomic E-state index is 0.00729. The van der Waals surface area contributed by atoms with Crippen molar-refractivity contribution in [3.8, 4) is 0 Å². The summed E-state index contributed by atoms with van der Waals surface area (Å²) in [6.45, 7) is 12.1. The Labute approximate surface area is 246 Å². The Hall–Kier alpha value is -4.04. The molecule has 6 rings (SSSR count). The van der Waals surface area contributed by atoms with E-state index in [4.69, 9.17) is 15.0 Å². The molecule has 6 aliphatic rings. The van der Waals surface area contributed by atoms with Gasteiger partial charge in [0.2, 0.25) is 0 Å². The minimum Gasteiger partial charge on any atom is -0.511 e. The summed E-state index contributed by atoms with van der Waals surface area (Å²) in [7, 11) is 0. The number of aliphatic imine (C=N–C) groups is 3. The standard InChI is InChI=1S/C34H38N4O4/c1-7-19-15(3)23-13-28-31(18(6)39)17(5)25(36-28)12-24-16(4)21(9-10-30(41)42)33(37-24)22-11-29(40)32-20(8-2)27(38-34(22)32)14-26(19)35-23/h12-14,16,18,21,37,39-40H,7-11H2,1-6H3,(H,41,42)/t16-,18?,21-/m0/s1. The number of carboxylic acids is 1. The van der Waals surface area contributed by atoms with Crippen molar-refractivity contribution in [1.82, 2.24) is 5.32 Å². The molecule has 8 bridgehead atoms. The van der Waals surface area contributed by atoms with Gasteiger partial charge in [-0.1, -0.05) is 20.8 Å². The van der Waals surface area contributed by atoms with Crippen molar-refractivity contribution in [3.05, 3.63) is 91.5 Å². The van der Waals surface area contributed by atoms with Gasteiger partial charge in [-0.05, 0) is 80.6 Å². The van der Waals surface area contributed by atoms with Crippen LogP contribution < -0.4 is 5.32 Å². The molecule has 0 amide bonds. The molecule has 1 aliphatic carbocycles. The number of aliphatic carboxylic acids is 1. The number of rotatable bonds is 6. The molecule has 5 aliphatic heterocycles. The molecule has 0 saturated carbocycles. The minimum atomic E-state index is -0.834. The zero-order chi connectivity index (χ0) is 30.0. The van der Waals surface area contributed by atoms with E-state index in [0.717, 1.165) is 85.4 Å². The SMILES string of the molecule is CCC1=C2C=C3N=C(C=C4N=C(C=C5NC(=C6CC(O)=C1C6=N2)[C@@H](CCC(=O)O)[C@@H]5C)C(C)=C4C(C)O)C(C)=C3CC. The highest BCUT2D eigenvalue weighted by Crippen LogP contribution is 2.47. The zero-order valence-corrected chi connectivity index (χ0v) is 25.1. The first-order chi connectivity index (χ1) is 20.0. The Morgan fingerprint density at radius 2 is 1.71 bits per heavy atom. The molecule has 1 saturated heterocycles. The monoisotopic (exact) mass is 566 g/mol. The predicted molar refractivity (Wildman–Crippen MR) is 165 cm³/mol. The van der Waals surface area contributed by atoms with Crippen molar-refractivity contribution in [2.75, 3.05) is 0 Å².